The van der Waals surface area contributed by atoms with Crippen molar-refractivity contribution in [2.75, 3.05) is 0 Å². The van der Waals surface area contributed by atoms with E-state index in [-0.39, 0.29) is 12.2 Å². The Kier molecular flexibility index (Phi) is 3.04. The third kappa shape index (κ3) is 2.42. The zero-order valence-corrected chi connectivity index (χ0v) is 10.8. The molecule has 0 saturated heterocycles. The van der Waals surface area contributed by atoms with E-state index in [9.17, 15) is 4.79 Å². The Bertz CT molecular complexity index is 878. The highest BCUT2D eigenvalue weighted by atomic mass is 16.4. The van der Waals surface area contributed by atoms with E-state index in [1.807, 2.05) is 6.07 Å². The number of hydrogen-bond donors (Lipinski definition) is 1. The maximum absolute atomic E-state index is 10.7. The molecule has 0 unspecified atom stereocenters. The van der Waals surface area contributed by atoms with Gasteiger partial charge in [-0.1, -0.05) is 12.1 Å². The zero-order valence-electron chi connectivity index (χ0n) is 10.8. The number of aliphatic carboxylic acids is 1. The molecule has 21 heavy (non-hydrogen) atoms. The van der Waals surface area contributed by atoms with Crippen LogP contribution in [0.2, 0.25) is 0 Å². The molecule has 0 amide bonds. The van der Waals surface area contributed by atoms with Crippen LogP contribution in [-0.2, 0) is 11.2 Å². The topological polar surface area (TPSA) is 104 Å². The number of carbonyl (C=O) groups is 1. The highest BCUT2D eigenvalue weighted by Gasteiger charge is 2.12. The number of benzene rings is 1. The van der Waals surface area contributed by atoms with E-state index in [2.05, 4.69) is 21.1 Å². The third-order valence-electron chi connectivity index (χ3n) is 2.88. The van der Waals surface area contributed by atoms with Crippen LogP contribution >= 0.6 is 0 Å². The van der Waals surface area contributed by atoms with Gasteiger partial charge in [-0.15, -0.1) is 5.10 Å². The maximum Gasteiger partial charge on any atom is 0.311 e. The number of nitrogens with zero attached hydrogens (tertiary/aromatic N) is 5. The first-order chi connectivity index (χ1) is 10.2. The van der Waals surface area contributed by atoms with Crippen molar-refractivity contribution < 1.29 is 9.90 Å². The van der Waals surface area contributed by atoms with Crippen molar-refractivity contribution in [1.82, 2.24) is 19.6 Å². The summed E-state index contributed by atoms with van der Waals surface area (Å²) in [7, 11) is 0. The third-order valence-corrected chi connectivity index (χ3v) is 2.88. The lowest BCUT2D eigenvalue weighted by Crippen LogP contribution is -2.02. The summed E-state index contributed by atoms with van der Waals surface area (Å²) in [5.41, 5.74) is 2.01. The maximum atomic E-state index is 10.7. The number of carboxylic acid groups (broad SMARTS) is 1. The van der Waals surface area contributed by atoms with Gasteiger partial charge in [0.2, 0.25) is 0 Å². The van der Waals surface area contributed by atoms with E-state index in [1.165, 1.54) is 4.52 Å². The van der Waals surface area contributed by atoms with Crippen LogP contribution in [0.5, 0.6) is 0 Å². The quantitative estimate of drug-likeness (QED) is 0.774. The summed E-state index contributed by atoms with van der Waals surface area (Å²) in [5.74, 6) is -0.482. The minimum absolute atomic E-state index is 0.193. The van der Waals surface area contributed by atoms with Crippen LogP contribution in [0.15, 0.2) is 36.5 Å². The van der Waals surface area contributed by atoms with Crippen LogP contribution in [0.1, 0.15) is 11.4 Å². The number of rotatable bonds is 3. The molecule has 3 aromatic rings. The first-order valence-corrected chi connectivity index (χ1v) is 6.10. The van der Waals surface area contributed by atoms with Crippen LogP contribution in [0.4, 0.5) is 0 Å². The molecule has 0 saturated carbocycles. The molecule has 1 N–H and O–H groups in total. The van der Waals surface area contributed by atoms with Crippen molar-refractivity contribution in [3.63, 3.8) is 0 Å². The number of aromatic nitrogens is 4. The highest BCUT2D eigenvalue weighted by Crippen LogP contribution is 2.20. The Morgan fingerprint density at radius 1 is 1.38 bits per heavy atom. The second kappa shape index (κ2) is 5.02. The van der Waals surface area contributed by atoms with Crippen LogP contribution < -0.4 is 0 Å². The second-order valence-electron chi connectivity index (χ2n) is 4.33. The van der Waals surface area contributed by atoms with Gasteiger partial charge in [-0.05, 0) is 18.2 Å². The summed E-state index contributed by atoms with van der Waals surface area (Å²) in [4.78, 5) is 18.9. The van der Waals surface area contributed by atoms with Gasteiger partial charge in [0.1, 0.15) is 6.42 Å². The summed E-state index contributed by atoms with van der Waals surface area (Å²) in [5, 5.41) is 21.9. The van der Waals surface area contributed by atoms with E-state index in [0.717, 1.165) is 5.56 Å². The molecule has 0 aliphatic carbocycles. The van der Waals surface area contributed by atoms with Crippen molar-refractivity contribution >= 4 is 11.7 Å². The normalized spacial score (nSPS) is 10.4. The lowest BCUT2D eigenvalue weighted by molar-refractivity contribution is -0.136. The Balaban J connectivity index is 2.16. The molecule has 0 bridgehead atoms. The Morgan fingerprint density at radius 3 is 3.00 bits per heavy atom. The largest absolute Gasteiger partial charge is 0.481 e. The van der Waals surface area contributed by atoms with Gasteiger partial charge in [-0.25, -0.2) is 4.98 Å². The van der Waals surface area contributed by atoms with Gasteiger partial charge in [-0.2, -0.15) is 14.8 Å². The molecule has 7 nitrogen and oxygen atoms in total. The van der Waals surface area contributed by atoms with Crippen LogP contribution in [-0.4, -0.2) is 30.7 Å². The van der Waals surface area contributed by atoms with Gasteiger partial charge in [0, 0.05) is 11.8 Å². The Hall–Kier alpha value is -3.27. The van der Waals surface area contributed by atoms with E-state index >= 15 is 0 Å². The minimum atomic E-state index is -1.00. The summed E-state index contributed by atoms with van der Waals surface area (Å²) in [6.45, 7) is 0. The van der Waals surface area contributed by atoms with Gasteiger partial charge in [0.15, 0.2) is 5.82 Å². The Morgan fingerprint density at radius 2 is 2.24 bits per heavy atom. The summed E-state index contributed by atoms with van der Waals surface area (Å²) < 4.78 is 1.48. The lowest BCUT2D eigenvalue weighted by Gasteiger charge is -2.03. The van der Waals surface area contributed by atoms with Crippen LogP contribution in [0.3, 0.4) is 0 Å². The molecule has 0 aliphatic heterocycles. The first kappa shape index (κ1) is 12.7. The predicted octanol–water partition coefficient (Wildman–Crippen LogP) is 1.29. The standard InChI is InChI=1S/C14H9N5O2/c15-8-9-2-1-3-10(6-9)11-4-5-16-14-17-12(7-13(20)21)18-19(11)14/h1-6H,7H2,(H,20,21). The molecular formula is C14H9N5O2. The van der Waals surface area contributed by atoms with Crippen molar-refractivity contribution in [3.8, 4) is 17.3 Å². The fraction of sp³-hybridized carbons (Fsp3) is 0.0714. The molecular weight excluding hydrogens is 270 g/mol. The lowest BCUT2D eigenvalue weighted by atomic mass is 10.1. The molecule has 2 aromatic heterocycles. The summed E-state index contributed by atoms with van der Waals surface area (Å²) in [6.07, 6.45) is 1.31. The molecule has 0 fully saturated rings. The molecule has 1 aromatic carbocycles. The Labute approximate surface area is 119 Å². The van der Waals surface area contributed by atoms with E-state index in [4.69, 9.17) is 10.4 Å². The van der Waals surface area contributed by atoms with Crippen molar-refractivity contribution in [2.24, 2.45) is 0 Å². The van der Waals surface area contributed by atoms with Crippen molar-refractivity contribution in [3.05, 3.63) is 47.9 Å². The average molecular weight is 279 g/mol. The van der Waals surface area contributed by atoms with E-state index < -0.39 is 5.97 Å². The fourth-order valence-corrected chi connectivity index (χ4v) is 2.01. The molecule has 0 atom stereocenters. The molecule has 0 radical (unpaired) electrons. The summed E-state index contributed by atoms with van der Waals surface area (Å²) in [6, 6.07) is 10.9. The molecule has 0 aliphatic rings. The minimum Gasteiger partial charge on any atom is -0.481 e. The van der Waals surface area contributed by atoms with Gasteiger partial charge < -0.3 is 5.11 Å². The molecule has 7 heteroatoms. The highest BCUT2D eigenvalue weighted by molar-refractivity contribution is 5.69. The van der Waals surface area contributed by atoms with Crippen LogP contribution in [0.25, 0.3) is 17.0 Å². The smallest absolute Gasteiger partial charge is 0.311 e. The summed E-state index contributed by atoms with van der Waals surface area (Å²) >= 11 is 0. The molecule has 3 rings (SSSR count). The number of fused-ring (bicyclic) bond motifs is 1. The fourth-order valence-electron chi connectivity index (χ4n) is 2.01. The number of nitriles is 1. The number of carboxylic acids is 1. The zero-order chi connectivity index (χ0) is 14.8. The van der Waals surface area contributed by atoms with E-state index in [1.54, 1.807) is 30.5 Å². The van der Waals surface area contributed by atoms with Crippen molar-refractivity contribution in [2.45, 2.75) is 6.42 Å². The molecule has 0 spiro atoms. The number of hydrogen-bond acceptors (Lipinski definition) is 5. The molecule has 2 heterocycles. The second-order valence-corrected chi connectivity index (χ2v) is 4.33. The SMILES string of the molecule is N#Cc1cccc(-c2ccnc3nc(CC(=O)O)nn23)c1. The monoisotopic (exact) mass is 279 g/mol. The average Bonchev–Trinajstić information content (AvgIpc) is 2.88. The predicted molar refractivity (Wildman–Crippen MR) is 72.3 cm³/mol. The first-order valence-electron chi connectivity index (χ1n) is 6.10. The van der Waals surface area contributed by atoms with E-state index in [0.29, 0.717) is 17.0 Å². The molecule has 102 valence electrons. The van der Waals surface area contributed by atoms with Crippen LogP contribution in [0, 0.1) is 11.3 Å². The van der Waals surface area contributed by atoms with Gasteiger partial charge >= 0.3 is 5.97 Å². The van der Waals surface area contributed by atoms with Crippen molar-refractivity contribution in [1.29, 1.82) is 5.26 Å². The van der Waals surface area contributed by atoms with Gasteiger partial charge in [-0.3, -0.25) is 4.79 Å². The van der Waals surface area contributed by atoms with Gasteiger partial charge in [0.05, 0.1) is 17.3 Å². The van der Waals surface area contributed by atoms with Gasteiger partial charge in [0.25, 0.3) is 5.78 Å².